The van der Waals surface area contributed by atoms with Gasteiger partial charge in [0.15, 0.2) is 0 Å². The number of benzene rings is 1. The number of imidazole rings is 1. The number of aromatic nitrogens is 2. The van der Waals surface area contributed by atoms with Crippen molar-refractivity contribution in [2.24, 2.45) is 12.8 Å². The van der Waals surface area contributed by atoms with Gasteiger partial charge in [-0.25, -0.2) is 9.37 Å². The van der Waals surface area contributed by atoms with Gasteiger partial charge >= 0.3 is 0 Å². The van der Waals surface area contributed by atoms with Crippen LogP contribution in [0.15, 0.2) is 24.5 Å². The van der Waals surface area contributed by atoms with Crippen LogP contribution in [-0.4, -0.2) is 9.55 Å². The van der Waals surface area contributed by atoms with Gasteiger partial charge in [-0.2, -0.15) is 0 Å². The fraction of sp³-hybridized carbons (Fsp3) is 0.357. The van der Waals surface area contributed by atoms with Crippen LogP contribution in [0.5, 0.6) is 0 Å². The summed E-state index contributed by atoms with van der Waals surface area (Å²) in [4.78, 5) is 4.25. The Morgan fingerprint density at radius 1 is 1.35 bits per heavy atom. The second-order valence-corrected chi connectivity index (χ2v) is 5.93. The number of nitrogens with two attached hydrogens (primary N) is 1. The van der Waals surface area contributed by atoms with E-state index >= 15 is 0 Å². The minimum absolute atomic E-state index is 0.00125. The molecule has 108 valence electrons. The van der Waals surface area contributed by atoms with E-state index in [-0.39, 0.29) is 5.02 Å². The van der Waals surface area contributed by atoms with Crippen LogP contribution in [0, 0.1) is 5.82 Å². The molecule has 0 saturated carbocycles. The van der Waals surface area contributed by atoms with E-state index in [9.17, 15) is 4.39 Å². The standard InChI is InChI=1S/C14H16Cl2FN3/c1-14(18,4-3-13-19-5-6-20(13)2)9-7-12(17)11(16)8-10(9)15/h5-8H,3-4,18H2,1-2H3. The van der Waals surface area contributed by atoms with Crippen molar-refractivity contribution in [1.29, 1.82) is 0 Å². The highest BCUT2D eigenvalue weighted by Crippen LogP contribution is 2.33. The van der Waals surface area contributed by atoms with Gasteiger partial charge in [0, 0.05) is 36.4 Å². The van der Waals surface area contributed by atoms with Gasteiger partial charge < -0.3 is 10.3 Å². The highest BCUT2D eigenvalue weighted by molar-refractivity contribution is 6.35. The summed E-state index contributed by atoms with van der Waals surface area (Å²) in [6.45, 7) is 1.82. The number of halogens is 3. The molecule has 0 aliphatic rings. The molecule has 0 aliphatic heterocycles. The molecular formula is C14H16Cl2FN3. The Kier molecular flexibility index (Phi) is 4.37. The van der Waals surface area contributed by atoms with Crippen LogP contribution < -0.4 is 5.73 Å². The van der Waals surface area contributed by atoms with Crippen LogP contribution in [-0.2, 0) is 19.0 Å². The maximum atomic E-state index is 13.6. The molecule has 0 saturated heterocycles. The Hall–Kier alpha value is -1.10. The third-order valence-electron chi connectivity index (χ3n) is 3.41. The minimum atomic E-state index is -0.755. The molecule has 2 aromatic rings. The summed E-state index contributed by atoms with van der Waals surface area (Å²) in [5.41, 5.74) is 6.09. The van der Waals surface area contributed by atoms with E-state index in [0.717, 1.165) is 5.82 Å². The zero-order valence-electron chi connectivity index (χ0n) is 11.3. The molecule has 1 aromatic carbocycles. The second kappa shape index (κ2) is 5.72. The summed E-state index contributed by atoms with van der Waals surface area (Å²) in [6.07, 6.45) is 4.88. The Balaban J connectivity index is 2.22. The summed E-state index contributed by atoms with van der Waals surface area (Å²) >= 11 is 11.8. The maximum absolute atomic E-state index is 13.6. The largest absolute Gasteiger partial charge is 0.338 e. The van der Waals surface area contributed by atoms with Crippen LogP contribution in [0.4, 0.5) is 4.39 Å². The molecule has 0 fully saturated rings. The molecule has 1 heterocycles. The van der Waals surface area contributed by atoms with Crippen LogP contribution in [0.1, 0.15) is 24.7 Å². The highest BCUT2D eigenvalue weighted by Gasteiger charge is 2.25. The first kappa shape index (κ1) is 15.3. The van der Waals surface area contributed by atoms with Crippen LogP contribution in [0.3, 0.4) is 0 Å². The molecule has 1 atom stereocenters. The fourth-order valence-corrected chi connectivity index (χ4v) is 2.70. The topological polar surface area (TPSA) is 43.8 Å². The molecule has 1 aromatic heterocycles. The predicted octanol–water partition coefficient (Wildman–Crippen LogP) is 3.67. The third kappa shape index (κ3) is 3.14. The molecule has 0 spiro atoms. The molecule has 0 radical (unpaired) electrons. The molecule has 2 N–H and O–H groups in total. The lowest BCUT2D eigenvalue weighted by atomic mass is 9.88. The van der Waals surface area contributed by atoms with Crippen molar-refractivity contribution >= 4 is 23.2 Å². The summed E-state index contributed by atoms with van der Waals surface area (Å²) in [7, 11) is 1.92. The quantitative estimate of drug-likeness (QED) is 0.875. The second-order valence-electron chi connectivity index (χ2n) is 5.12. The Labute approximate surface area is 127 Å². The number of rotatable bonds is 4. The Morgan fingerprint density at radius 2 is 2.05 bits per heavy atom. The lowest BCUT2D eigenvalue weighted by molar-refractivity contribution is 0.442. The summed E-state index contributed by atoms with van der Waals surface area (Å²) < 4.78 is 15.5. The third-order valence-corrected chi connectivity index (χ3v) is 4.02. The minimum Gasteiger partial charge on any atom is -0.338 e. The summed E-state index contributed by atoms with van der Waals surface area (Å²) in [5.74, 6) is 0.409. The van der Waals surface area contributed by atoms with Gasteiger partial charge in [-0.3, -0.25) is 0 Å². The highest BCUT2D eigenvalue weighted by atomic mass is 35.5. The van der Waals surface area contributed by atoms with E-state index in [1.54, 1.807) is 6.20 Å². The van der Waals surface area contributed by atoms with Crippen molar-refractivity contribution < 1.29 is 4.39 Å². The van der Waals surface area contributed by atoms with Gasteiger partial charge in [-0.05, 0) is 31.0 Å². The normalized spacial score (nSPS) is 14.3. The van der Waals surface area contributed by atoms with Crippen molar-refractivity contribution in [2.75, 3.05) is 0 Å². The number of aryl methyl sites for hydroxylation is 2. The zero-order valence-corrected chi connectivity index (χ0v) is 12.8. The van der Waals surface area contributed by atoms with E-state index in [1.807, 2.05) is 24.7 Å². The van der Waals surface area contributed by atoms with E-state index in [0.29, 0.717) is 23.4 Å². The SMILES string of the molecule is Cn1ccnc1CCC(C)(N)c1cc(F)c(Cl)cc1Cl. The lowest BCUT2D eigenvalue weighted by Gasteiger charge is -2.26. The van der Waals surface area contributed by atoms with E-state index in [4.69, 9.17) is 28.9 Å². The molecule has 0 bridgehead atoms. The van der Waals surface area contributed by atoms with Crippen LogP contribution in [0.25, 0.3) is 0 Å². The zero-order chi connectivity index (χ0) is 14.9. The molecule has 20 heavy (non-hydrogen) atoms. The Bertz CT molecular complexity index is 623. The number of nitrogens with zero attached hydrogens (tertiary/aromatic N) is 2. The number of hydrogen-bond donors (Lipinski definition) is 1. The number of hydrogen-bond acceptors (Lipinski definition) is 2. The van der Waals surface area contributed by atoms with E-state index < -0.39 is 11.4 Å². The van der Waals surface area contributed by atoms with E-state index in [2.05, 4.69) is 4.98 Å². The van der Waals surface area contributed by atoms with Gasteiger partial charge in [0.25, 0.3) is 0 Å². The van der Waals surface area contributed by atoms with Crippen molar-refractivity contribution in [2.45, 2.75) is 25.3 Å². The Morgan fingerprint density at radius 3 is 2.65 bits per heavy atom. The lowest BCUT2D eigenvalue weighted by Crippen LogP contribution is -2.34. The molecule has 2 rings (SSSR count). The summed E-state index contributed by atoms with van der Waals surface area (Å²) in [6, 6.07) is 2.70. The van der Waals surface area contributed by atoms with Gasteiger partial charge in [0.05, 0.1) is 5.02 Å². The van der Waals surface area contributed by atoms with E-state index in [1.165, 1.54) is 12.1 Å². The smallest absolute Gasteiger partial charge is 0.142 e. The first-order valence-electron chi connectivity index (χ1n) is 6.21. The van der Waals surface area contributed by atoms with Crippen molar-refractivity contribution in [3.8, 4) is 0 Å². The fourth-order valence-electron chi connectivity index (χ4n) is 2.10. The molecular weight excluding hydrogens is 300 g/mol. The molecule has 6 heteroatoms. The molecule has 3 nitrogen and oxygen atoms in total. The molecule has 1 unspecified atom stereocenters. The molecule has 0 amide bonds. The van der Waals surface area contributed by atoms with Gasteiger partial charge in [0.1, 0.15) is 11.6 Å². The van der Waals surface area contributed by atoms with Gasteiger partial charge in [-0.15, -0.1) is 0 Å². The van der Waals surface area contributed by atoms with Crippen LogP contribution in [0.2, 0.25) is 10.0 Å². The maximum Gasteiger partial charge on any atom is 0.142 e. The van der Waals surface area contributed by atoms with Crippen LogP contribution >= 0.6 is 23.2 Å². The average molecular weight is 316 g/mol. The summed E-state index contributed by atoms with van der Waals surface area (Å²) in [5, 5.41) is 0.375. The predicted molar refractivity (Wildman–Crippen MR) is 79.5 cm³/mol. The van der Waals surface area contributed by atoms with Gasteiger partial charge in [-0.1, -0.05) is 23.2 Å². The average Bonchev–Trinajstić information content (AvgIpc) is 2.77. The first-order valence-corrected chi connectivity index (χ1v) is 6.97. The van der Waals surface area contributed by atoms with Crippen molar-refractivity contribution in [3.63, 3.8) is 0 Å². The van der Waals surface area contributed by atoms with Crippen molar-refractivity contribution in [1.82, 2.24) is 9.55 Å². The molecule has 0 aliphatic carbocycles. The first-order chi connectivity index (χ1) is 9.31. The van der Waals surface area contributed by atoms with Crippen molar-refractivity contribution in [3.05, 3.63) is 51.8 Å². The van der Waals surface area contributed by atoms with Gasteiger partial charge in [0.2, 0.25) is 0 Å². The monoisotopic (exact) mass is 315 g/mol.